The number of nitrogens with zero attached hydrogens (tertiary/aromatic N) is 1. The fourth-order valence-electron chi connectivity index (χ4n) is 3.83. The van der Waals surface area contributed by atoms with E-state index in [-0.39, 0.29) is 42.6 Å². The number of benzene rings is 2. The minimum Gasteiger partial charge on any atom is -0.497 e. The summed E-state index contributed by atoms with van der Waals surface area (Å²) in [4.78, 5) is 40.0. The molecule has 0 saturated carbocycles. The first kappa shape index (κ1) is 23.3. The molecule has 1 heterocycles. The number of hydrogen-bond acceptors (Lipinski definition) is 4. The van der Waals surface area contributed by atoms with Crippen LogP contribution in [-0.4, -0.2) is 37.4 Å². The summed E-state index contributed by atoms with van der Waals surface area (Å²) in [6.45, 7) is 5.97. The Morgan fingerprint density at radius 2 is 1.66 bits per heavy atom. The average Bonchev–Trinajstić information content (AvgIpc) is 3.19. The molecule has 7 nitrogen and oxygen atoms in total. The molecule has 1 saturated heterocycles. The van der Waals surface area contributed by atoms with E-state index in [9.17, 15) is 14.4 Å². The van der Waals surface area contributed by atoms with Gasteiger partial charge in [0.15, 0.2) is 0 Å². The first-order valence-corrected chi connectivity index (χ1v) is 10.9. The summed E-state index contributed by atoms with van der Waals surface area (Å²) in [7, 11) is 1.58. The van der Waals surface area contributed by atoms with Gasteiger partial charge in [-0.2, -0.15) is 0 Å². The van der Waals surface area contributed by atoms with Crippen LogP contribution in [-0.2, 0) is 14.4 Å². The smallest absolute Gasteiger partial charge is 0.243 e. The average molecular weight is 438 g/mol. The molecule has 0 bridgehead atoms. The van der Waals surface area contributed by atoms with E-state index >= 15 is 0 Å². The van der Waals surface area contributed by atoms with Gasteiger partial charge in [-0.25, -0.2) is 0 Å². The minimum absolute atomic E-state index is 0.100. The quantitative estimate of drug-likeness (QED) is 0.664. The predicted molar refractivity (Wildman–Crippen MR) is 123 cm³/mol. The van der Waals surface area contributed by atoms with Crippen molar-refractivity contribution < 1.29 is 19.1 Å². The van der Waals surface area contributed by atoms with Crippen LogP contribution in [0.1, 0.15) is 38.8 Å². The number of hydrogen-bond donors (Lipinski definition) is 2. The molecule has 1 aliphatic heterocycles. The number of ether oxygens (including phenoxy) is 1. The third kappa shape index (κ3) is 5.46. The van der Waals surface area contributed by atoms with Gasteiger partial charge >= 0.3 is 0 Å². The lowest BCUT2D eigenvalue weighted by Gasteiger charge is -2.25. The second-order valence-electron chi connectivity index (χ2n) is 8.47. The predicted octanol–water partition coefficient (Wildman–Crippen LogP) is 3.07. The largest absolute Gasteiger partial charge is 0.497 e. The van der Waals surface area contributed by atoms with E-state index in [1.54, 1.807) is 36.3 Å². The van der Waals surface area contributed by atoms with Crippen LogP contribution >= 0.6 is 0 Å². The number of carbonyl (C=O) groups excluding carboxylic acids is 3. The Bertz CT molecular complexity index is 943. The summed E-state index contributed by atoms with van der Waals surface area (Å²) in [5.41, 5.74) is 1.71. The van der Waals surface area contributed by atoms with Crippen molar-refractivity contribution in [3.8, 4) is 5.75 Å². The van der Waals surface area contributed by atoms with Crippen LogP contribution in [0.4, 0.5) is 5.69 Å². The van der Waals surface area contributed by atoms with E-state index in [4.69, 9.17) is 4.74 Å². The summed E-state index contributed by atoms with van der Waals surface area (Å²) in [5, 5.41) is 5.86. The van der Waals surface area contributed by atoms with Gasteiger partial charge in [0, 0.05) is 18.7 Å². The number of nitrogens with one attached hydrogen (secondary N) is 2. The molecule has 1 aliphatic rings. The summed E-state index contributed by atoms with van der Waals surface area (Å²) >= 11 is 0. The second kappa shape index (κ2) is 10.3. The molecule has 3 rings (SSSR count). The fraction of sp³-hybridized carbons (Fsp3) is 0.400. The number of anilines is 1. The zero-order valence-electron chi connectivity index (χ0n) is 19.0. The van der Waals surface area contributed by atoms with Crippen LogP contribution in [0.25, 0.3) is 0 Å². The highest BCUT2D eigenvalue weighted by Crippen LogP contribution is 2.27. The van der Waals surface area contributed by atoms with E-state index in [1.807, 2.05) is 51.1 Å². The number of methoxy groups -OCH3 is 1. The van der Waals surface area contributed by atoms with Gasteiger partial charge in [0.25, 0.3) is 0 Å². The van der Waals surface area contributed by atoms with Gasteiger partial charge < -0.3 is 20.3 Å². The van der Waals surface area contributed by atoms with E-state index in [1.165, 1.54) is 0 Å². The molecular weight excluding hydrogens is 406 g/mol. The lowest BCUT2D eigenvalue weighted by molar-refractivity contribution is -0.132. The Labute approximate surface area is 189 Å². The molecule has 2 N–H and O–H groups in total. The molecule has 0 radical (unpaired) electrons. The Morgan fingerprint density at radius 1 is 1.00 bits per heavy atom. The molecule has 170 valence electrons. The molecule has 0 spiro atoms. The molecule has 32 heavy (non-hydrogen) atoms. The van der Waals surface area contributed by atoms with Crippen LogP contribution in [0.15, 0.2) is 54.6 Å². The van der Waals surface area contributed by atoms with Gasteiger partial charge in [0.2, 0.25) is 17.7 Å². The molecule has 0 unspecified atom stereocenters. The van der Waals surface area contributed by atoms with Gasteiger partial charge in [-0.05, 0) is 42.7 Å². The summed E-state index contributed by atoms with van der Waals surface area (Å²) < 4.78 is 5.16. The van der Waals surface area contributed by atoms with Crippen molar-refractivity contribution in [3.05, 3.63) is 60.2 Å². The van der Waals surface area contributed by atoms with Gasteiger partial charge in [-0.1, -0.05) is 44.2 Å². The van der Waals surface area contributed by atoms with Gasteiger partial charge in [-0.3, -0.25) is 14.4 Å². The number of carbonyl (C=O) groups is 3. The Balaban J connectivity index is 1.63. The lowest BCUT2D eigenvalue weighted by atomic mass is 10.00. The first-order valence-electron chi connectivity index (χ1n) is 10.9. The maximum Gasteiger partial charge on any atom is 0.243 e. The van der Waals surface area contributed by atoms with Crippen molar-refractivity contribution in [1.82, 2.24) is 10.6 Å². The molecular formula is C25H31N3O4. The number of rotatable bonds is 8. The summed E-state index contributed by atoms with van der Waals surface area (Å²) in [6.07, 6.45) is 0.116. The molecule has 0 aromatic heterocycles. The monoisotopic (exact) mass is 437 g/mol. The Morgan fingerprint density at radius 3 is 2.25 bits per heavy atom. The van der Waals surface area contributed by atoms with Crippen LogP contribution in [0.5, 0.6) is 5.75 Å². The van der Waals surface area contributed by atoms with E-state index in [0.717, 1.165) is 11.3 Å². The van der Waals surface area contributed by atoms with Gasteiger partial charge in [0.05, 0.1) is 19.1 Å². The van der Waals surface area contributed by atoms with Crippen molar-refractivity contribution in [3.63, 3.8) is 0 Å². The molecule has 3 amide bonds. The van der Waals surface area contributed by atoms with Crippen molar-refractivity contribution in [1.29, 1.82) is 0 Å². The van der Waals surface area contributed by atoms with E-state index in [2.05, 4.69) is 10.6 Å². The van der Waals surface area contributed by atoms with Crippen molar-refractivity contribution in [2.45, 2.75) is 39.3 Å². The SMILES string of the molecule is COc1ccc(N2C[C@H](C(=O)N[C@H](C(=O)N[C@@H](C)c3ccccc3)C(C)C)CC2=O)cc1. The third-order valence-electron chi connectivity index (χ3n) is 5.79. The topological polar surface area (TPSA) is 87.7 Å². The van der Waals surface area contributed by atoms with Gasteiger partial charge in [-0.15, -0.1) is 0 Å². The molecule has 0 aliphatic carbocycles. The molecule has 2 aromatic rings. The van der Waals surface area contributed by atoms with E-state index < -0.39 is 12.0 Å². The first-order chi connectivity index (χ1) is 15.3. The minimum atomic E-state index is -0.682. The summed E-state index contributed by atoms with van der Waals surface area (Å²) in [6, 6.07) is 16.0. The molecule has 2 aromatic carbocycles. The standard InChI is InChI=1S/C25H31N3O4/c1-16(2)23(25(31)26-17(3)18-8-6-5-7-9-18)27-24(30)19-14-22(29)28(15-19)20-10-12-21(32-4)13-11-20/h5-13,16-17,19,23H,14-15H2,1-4H3,(H,26,31)(H,27,30)/t17-,19+,23-/m0/s1. The third-order valence-corrected chi connectivity index (χ3v) is 5.79. The maximum atomic E-state index is 13.0. The maximum absolute atomic E-state index is 13.0. The highest BCUT2D eigenvalue weighted by Gasteiger charge is 2.37. The fourth-order valence-corrected chi connectivity index (χ4v) is 3.83. The highest BCUT2D eigenvalue weighted by atomic mass is 16.5. The Kier molecular flexibility index (Phi) is 7.51. The number of amides is 3. The van der Waals surface area contributed by atoms with Gasteiger partial charge in [0.1, 0.15) is 11.8 Å². The van der Waals surface area contributed by atoms with E-state index in [0.29, 0.717) is 5.75 Å². The Hall–Kier alpha value is -3.35. The molecule has 7 heteroatoms. The van der Waals surface area contributed by atoms with Crippen molar-refractivity contribution >= 4 is 23.4 Å². The van der Waals surface area contributed by atoms with Crippen LogP contribution in [0.2, 0.25) is 0 Å². The summed E-state index contributed by atoms with van der Waals surface area (Å²) in [5.74, 6) is -0.540. The van der Waals surface area contributed by atoms with Crippen molar-refractivity contribution in [2.75, 3.05) is 18.6 Å². The zero-order chi connectivity index (χ0) is 23.3. The molecule has 3 atom stereocenters. The lowest BCUT2D eigenvalue weighted by Crippen LogP contribution is -2.51. The second-order valence-corrected chi connectivity index (χ2v) is 8.47. The van der Waals surface area contributed by atoms with Crippen LogP contribution in [0.3, 0.4) is 0 Å². The van der Waals surface area contributed by atoms with Crippen LogP contribution < -0.4 is 20.3 Å². The molecule has 1 fully saturated rings. The normalized spacial score (nSPS) is 17.7. The zero-order valence-corrected chi connectivity index (χ0v) is 19.0. The highest BCUT2D eigenvalue weighted by molar-refractivity contribution is 6.01. The van der Waals surface area contributed by atoms with Crippen molar-refractivity contribution in [2.24, 2.45) is 11.8 Å². The van der Waals surface area contributed by atoms with Crippen LogP contribution in [0, 0.1) is 11.8 Å².